The van der Waals surface area contributed by atoms with E-state index in [4.69, 9.17) is 9.84 Å². The fourth-order valence-electron chi connectivity index (χ4n) is 1.99. The summed E-state index contributed by atoms with van der Waals surface area (Å²) in [6, 6.07) is 0. The average Bonchev–Trinajstić information content (AvgIpc) is 2.47. The molecule has 0 aromatic rings. The van der Waals surface area contributed by atoms with Crippen molar-refractivity contribution in [2.24, 2.45) is 0 Å². The first kappa shape index (κ1) is 22.2. The van der Waals surface area contributed by atoms with Gasteiger partial charge in [-0.05, 0) is 19.3 Å². The van der Waals surface area contributed by atoms with Crippen molar-refractivity contribution < 1.29 is 9.84 Å². The van der Waals surface area contributed by atoms with Gasteiger partial charge in [0.1, 0.15) is 0 Å². The standard InChI is InChI=1S/C12H26O.C6H14O/c1-2-3-4-5-6-7-8-9-10-11-12-13;1-3-5-7-6-4-2/h13H,2-12H2,1H3;3-6H2,1-2H3. The Kier molecular flexibility index (Phi) is 26.6. The molecule has 20 heavy (non-hydrogen) atoms. The number of hydrogen-bond donors (Lipinski definition) is 1. The molecule has 0 radical (unpaired) electrons. The number of ether oxygens (including phenoxy) is 1. The lowest BCUT2D eigenvalue weighted by atomic mass is 10.1. The van der Waals surface area contributed by atoms with Gasteiger partial charge >= 0.3 is 0 Å². The summed E-state index contributed by atoms with van der Waals surface area (Å²) >= 11 is 0. The maximum Gasteiger partial charge on any atom is 0.0463 e. The van der Waals surface area contributed by atoms with Crippen LogP contribution in [0.5, 0.6) is 0 Å². The van der Waals surface area contributed by atoms with E-state index < -0.39 is 0 Å². The molecule has 0 saturated carbocycles. The number of hydrogen-bond acceptors (Lipinski definition) is 2. The lowest BCUT2D eigenvalue weighted by molar-refractivity contribution is 0.135. The van der Waals surface area contributed by atoms with Gasteiger partial charge in [-0.15, -0.1) is 0 Å². The van der Waals surface area contributed by atoms with Crippen LogP contribution >= 0.6 is 0 Å². The first-order chi connectivity index (χ1) is 9.83. The Labute approximate surface area is 128 Å². The van der Waals surface area contributed by atoms with Crippen LogP contribution < -0.4 is 0 Å². The third-order valence-corrected chi connectivity index (χ3v) is 3.21. The predicted octanol–water partition coefficient (Wildman–Crippen LogP) is 5.72. The molecule has 0 unspecified atom stereocenters. The van der Waals surface area contributed by atoms with Gasteiger partial charge in [0.05, 0.1) is 0 Å². The van der Waals surface area contributed by atoms with Gasteiger partial charge in [-0.2, -0.15) is 0 Å². The zero-order valence-electron chi connectivity index (χ0n) is 14.5. The van der Waals surface area contributed by atoms with E-state index in [1.807, 2.05) is 0 Å². The van der Waals surface area contributed by atoms with Crippen LogP contribution in [0, 0.1) is 0 Å². The van der Waals surface area contributed by atoms with E-state index in [0.717, 1.165) is 32.5 Å². The summed E-state index contributed by atoms with van der Waals surface area (Å²) in [4.78, 5) is 0. The molecule has 1 N–H and O–H groups in total. The fraction of sp³-hybridized carbons (Fsp3) is 1.00. The highest BCUT2D eigenvalue weighted by Gasteiger charge is 1.91. The molecule has 2 heteroatoms. The second kappa shape index (κ2) is 24.0. The summed E-state index contributed by atoms with van der Waals surface area (Å²) in [6.07, 6.45) is 15.6. The molecule has 0 bridgehead atoms. The van der Waals surface area contributed by atoms with Crippen LogP contribution in [0.3, 0.4) is 0 Å². The molecule has 0 aliphatic rings. The zero-order valence-corrected chi connectivity index (χ0v) is 14.5. The summed E-state index contributed by atoms with van der Waals surface area (Å²) in [5.41, 5.74) is 0. The van der Waals surface area contributed by atoms with Crippen molar-refractivity contribution in [3.05, 3.63) is 0 Å². The van der Waals surface area contributed by atoms with Crippen LogP contribution in [-0.2, 0) is 4.74 Å². The average molecular weight is 289 g/mol. The Hall–Kier alpha value is -0.0800. The molecule has 124 valence electrons. The normalized spacial score (nSPS) is 10.2. The first-order valence-electron chi connectivity index (χ1n) is 9.01. The third kappa shape index (κ3) is 26.5. The molecule has 0 fully saturated rings. The summed E-state index contributed by atoms with van der Waals surface area (Å²) in [7, 11) is 0. The Morgan fingerprint density at radius 1 is 0.550 bits per heavy atom. The highest BCUT2D eigenvalue weighted by molar-refractivity contribution is 4.46. The Bertz CT molecular complexity index is 123. The Morgan fingerprint density at radius 2 is 0.950 bits per heavy atom. The minimum Gasteiger partial charge on any atom is -0.396 e. The molecule has 0 spiro atoms. The second-order valence-electron chi connectivity index (χ2n) is 5.52. The van der Waals surface area contributed by atoms with Crippen LogP contribution in [0.25, 0.3) is 0 Å². The number of aliphatic hydroxyl groups excluding tert-OH is 1. The minimum absolute atomic E-state index is 0.372. The predicted molar refractivity (Wildman–Crippen MR) is 90.3 cm³/mol. The molecule has 0 aromatic heterocycles. The molecule has 0 aliphatic carbocycles. The highest BCUT2D eigenvalue weighted by Crippen LogP contribution is 2.09. The molecule has 2 nitrogen and oxygen atoms in total. The monoisotopic (exact) mass is 288 g/mol. The van der Waals surface area contributed by atoms with Gasteiger partial charge in [-0.25, -0.2) is 0 Å². The van der Waals surface area contributed by atoms with Gasteiger partial charge in [0.2, 0.25) is 0 Å². The van der Waals surface area contributed by atoms with E-state index in [1.165, 1.54) is 57.8 Å². The molecule has 0 aliphatic heterocycles. The van der Waals surface area contributed by atoms with Crippen LogP contribution in [0.1, 0.15) is 97.8 Å². The summed E-state index contributed by atoms with van der Waals surface area (Å²) < 4.78 is 5.13. The maximum atomic E-state index is 8.57. The zero-order chi connectivity index (χ0) is 15.3. The summed E-state index contributed by atoms with van der Waals surface area (Å²) in [5, 5.41) is 8.57. The Morgan fingerprint density at radius 3 is 1.30 bits per heavy atom. The number of aliphatic hydroxyl groups is 1. The van der Waals surface area contributed by atoms with E-state index in [1.54, 1.807) is 0 Å². The molecule has 0 atom stereocenters. The smallest absolute Gasteiger partial charge is 0.0463 e. The Balaban J connectivity index is 0. The van der Waals surface area contributed by atoms with Gasteiger partial charge < -0.3 is 9.84 Å². The highest BCUT2D eigenvalue weighted by atomic mass is 16.5. The molecule has 0 amide bonds. The van der Waals surface area contributed by atoms with Crippen LogP contribution in [0.4, 0.5) is 0 Å². The summed E-state index contributed by atoms with van der Waals surface area (Å²) in [5.74, 6) is 0. The second-order valence-corrected chi connectivity index (χ2v) is 5.52. The van der Waals surface area contributed by atoms with E-state index in [-0.39, 0.29) is 0 Å². The molecule has 0 rings (SSSR count). The van der Waals surface area contributed by atoms with Crippen molar-refractivity contribution in [2.45, 2.75) is 97.8 Å². The SMILES string of the molecule is CCCCCCCCCCCCO.CCCOCCC. The lowest BCUT2D eigenvalue weighted by Crippen LogP contribution is -1.92. The fourth-order valence-corrected chi connectivity index (χ4v) is 1.99. The van der Waals surface area contributed by atoms with Crippen molar-refractivity contribution >= 4 is 0 Å². The first-order valence-corrected chi connectivity index (χ1v) is 9.01. The van der Waals surface area contributed by atoms with Gasteiger partial charge in [0.25, 0.3) is 0 Å². The third-order valence-electron chi connectivity index (χ3n) is 3.21. The number of rotatable bonds is 14. The van der Waals surface area contributed by atoms with Gasteiger partial charge in [-0.1, -0.05) is 78.6 Å². The van der Waals surface area contributed by atoms with Crippen molar-refractivity contribution in [1.29, 1.82) is 0 Å². The van der Waals surface area contributed by atoms with Crippen LogP contribution in [-0.4, -0.2) is 24.9 Å². The van der Waals surface area contributed by atoms with Crippen molar-refractivity contribution in [3.8, 4) is 0 Å². The van der Waals surface area contributed by atoms with E-state index >= 15 is 0 Å². The lowest BCUT2D eigenvalue weighted by Gasteiger charge is -2.00. The van der Waals surface area contributed by atoms with Crippen molar-refractivity contribution in [2.75, 3.05) is 19.8 Å². The van der Waals surface area contributed by atoms with Crippen LogP contribution in [0.2, 0.25) is 0 Å². The molecule has 0 heterocycles. The van der Waals surface area contributed by atoms with Crippen molar-refractivity contribution in [3.63, 3.8) is 0 Å². The number of unbranched alkanes of at least 4 members (excludes halogenated alkanes) is 9. The quantitative estimate of drug-likeness (QED) is 0.414. The molecular weight excluding hydrogens is 248 g/mol. The molecular formula is C18H40O2. The largest absolute Gasteiger partial charge is 0.396 e. The molecule has 0 aromatic carbocycles. The maximum absolute atomic E-state index is 8.57. The molecule has 0 saturated heterocycles. The van der Waals surface area contributed by atoms with E-state index in [9.17, 15) is 0 Å². The summed E-state index contributed by atoms with van der Waals surface area (Å²) in [6.45, 7) is 8.72. The minimum atomic E-state index is 0.372. The van der Waals surface area contributed by atoms with E-state index in [0.29, 0.717) is 6.61 Å². The topological polar surface area (TPSA) is 29.5 Å². The van der Waals surface area contributed by atoms with E-state index in [2.05, 4.69) is 20.8 Å². The van der Waals surface area contributed by atoms with Gasteiger partial charge in [-0.3, -0.25) is 0 Å². The van der Waals surface area contributed by atoms with Gasteiger partial charge in [0.15, 0.2) is 0 Å². The van der Waals surface area contributed by atoms with Crippen molar-refractivity contribution in [1.82, 2.24) is 0 Å². The van der Waals surface area contributed by atoms with Crippen LogP contribution in [0.15, 0.2) is 0 Å². The van der Waals surface area contributed by atoms with Gasteiger partial charge in [0, 0.05) is 19.8 Å².